The fourth-order valence-electron chi connectivity index (χ4n) is 6.15. The predicted octanol–water partition coefficient (Wildman–Crippen LogP) is 3.26. The number of guanidine groups is 1. The largest absolute Gasteiger partial charge is 0.497 e. The van der Waals surface area contributed by atoms with E-state index in [4.69, 9.17) is 4.74 Å². The van der Waals surface area contributed by atoms with E-state index in [1.807, 2.05) is 7.05 Å². The number of nitrogens with zero attached hydrogens (tertiary/aromatic N) is 3. The quantitative estimate of drug-likeness (QED) is 0.558. The molecule has 31 heavy (non-hydrogen) atoms. The SMILES string of the molecule is CN=C(NCC1CCCN(C)C1c1ccc(OC)cc1)NC1CC2CCCC(C1)N2C. The Labute approximate surface area is 188 Å². The molecule has 1 aromatic carbocycles. The third-order valence-electron chi connectivity index (χ3n) is 7.90. The van der Waals surface area contributed by atoms with E-state index < -0.39 is 0 Å². The van der Waals surface area contributed by atoms with Gasteiger partial charge in [-0.2, -0.15) is 0 Å². The Hall–Kier alpha value is -1.79. The van der Waals surface area contributed by atoms with Gasteiger partial charge in [-0.1, -0.05) is 18.6 Å². The van der Waals surface area contributed by atoms with Gasteiger partial charge in [0.25, 0.3) is 0 Å². The zero-order valence-electron chi connectivity index (χ0n) is 19.8. The molecule has 3 aliphatic heterocycles. The lowest BCUT2D eigenvalue weighted by Crippen LogP contribution is -2.57. The number of rotatable bonds is 5. The molecule has 3 saturated heterocycles. The molecule has 0 amide bonds. The van der Waals surface area contributed by atoms with Crippen molar-refractivity contribution in [2.45, 2.75) is 69.1 Å². The highest BCUT2D eigenvalue weighted by Gasteiger charge is 2.36. The molecule has 6 heteroatoms. The minimum absolute atomic E-state index is 0.424. The Kier molecular flexibility index (Phi) is 7.39. The molecule has 2 N–H and O–H groups in total. The van der Waals surface area contributed by atoms with E-state index in [0.717, 1.165) is 36.9 Å². The van der Waals surface area contributed by atoms with Crippen molar-refractivity contribution in [1.82, 2.24) is 20.4 Å². The van der Waals surface area contributed by atoms with Gasteiger partial charge in [-0.3, -0.25) is 9.89 Å². The molecule has 0 aromatic heterocycles. The van der Waals surface area contributed by atoms with Gasteiger partial charge in [-0.25, -0.2) is 0 Å². The number of hydrogen-bond donors (Lipinski definition) is 2. The van der Waals surface area contributed by atoms with Crippen molar-refractivity contribution in [2.75, 3.05) is 41.3 Å². The van der Waals surface area contributed by atoms with Crippen LogP contribution in [-0.4, -0.2) is 75.2 Å². The number of ether oxygens (including phenoxy) is 1. The van der Waals surface area contributed by atoms with Crippen LogP contribution >= 0.6 is 0 Å². The van der Waals surface area contributed by atoms with Crippen LogP contribution in [-0.2, 0) is 0 Å². The highest BCUT2D eigenvalue weighted by Crippen LogP contribution is 2.35. The molecule has 3 fully saturated rings. The fourth-order valence-corrected chi connectivity index (χ4v) is 6.15. The number of aliphatic imine (C=N–C) groups is 1. The van der Waals surface area contributed by atoms with Gasteiger partial charge in [0.2, 0.25) is 0 Å². The topological polar surface area (TPSA) is 52.1 Å². The summed E-state index contributed by atoms with van der Waals surface area (Å²) >= 11 is 0. The monoisotopic (exact) mass is 427 g/mol. The molecule has 172 valence electrons. The molecular weight excluding hydrogens is 386 g/mol. The summed E-state index contributed by atoms with van der Waals surface area (Å²) in [5.74, 6) is 2.45. The maximum absolute atomic E-state index is 5.36. The number of fused-ring (bicyclic) bond motifs is 2. The summed E-state index contributed by atoms with van der Waals surface area (Å²) in [4.78, 5) is 9.70. The lowest BCUT2D eigenvalue weighted by molar-refractivity contribution is 0.0525. The molecule has 0 radical (unpaired) electrons. The van der Waals surface area contributed by atoms with Crippen molar-refractivity contribution in [2.24, 2.45) is 10.9 Å². The van der Waals surface area contributed by atoms with Crippen LogP contribution in [0.25, 0.3) is 0 Å². The third-order valence-corrected chi connectivity index (χ3v) is 7.90. The van der Waals surface area contributed by atoms with Crippen molar-refractivity contribution in [3.63, 3.8) is 0 Å². The van der Waals surface area contributed by atoms with Crippen molar-refractivity contribution < 1.29 is 4.74 Å². The van der Waals surface area contributed by atoms with Crippen molar-refractivity contribution >= 4 is 5.96 Å². The first-order valence-corrected chi connectivity index (χ1v) is 12.1. The van der Waals surface area contributed by atoms with Crippen molar-refractivity contribution in [3.8, 4) is 5.75 Å². The van der Waals surface area contributed by atoms with E-state index in [9.17, 15) is 0 Å². The number of likely N-dealkylation sites (tertiary alicyclic amines) is 1. The van der Waals surface area contributed by atoms with E-state index in [2.05, 4.69) is 63.8 Å². The van der Waals surface area contributed by atoms with Gasteiger partial charge in [-0.15, -0.1) is 0 Å². The summed E-state index contributed by atoms with van der Waals surface area (Å²) in [5, 5.41) is 7.44. The molecule has 4 atom stereocenters. The summed E-state index contributed by atoms with van der Waals surface area (Å²) < 4.78 is 5.36. The van der Waals surface area contributed by atoms with Crippen LogP contribution in [0, 0.1) is 5.92 Å². The summed E-state index contributed by atoms with van der Waals surface area (Å²) in [6.45, 7) is 2.10. The number of benzene rings is 1. The Balaban J connectivity index is 1.36. The molecular formula is C25H41N5O. The van der Waals surface area contributed by atoms with Crippen LogP contribution in [0.4, 0.5) is 0 Å². The Morgan fingerprint density at radius 3 is 2.42 bits per heavy atom. The van der Waals surface area contributed by atoms with Gasteiger partial charge in [0, 0.05) is 37.8 Å². The van der Waals surface area contributed by atoms with Crippen LogP contribution in [0.15, 0.2) is 29.3 Å². The average Bonchev–Trinajstić information content (AvgIpc) is 2.77. The lowest BCUT2D eigenvalue weighted by Gasteiger charge is -2.47. The first kappa shape index (κ1) is 22.4. The Bertz CT molecular complexity index is 722. The molecule has 0 saturated carbocycles. The van der Waals surface area contributed by atoms with Gasteiger partial charge in [0.1, 0.15) is 5.75 Å². The number of hydrogen-bond acceptors (Lipinski definition) is 4. The van der Waals surface area contributed by atoms with Crippen LogP contribution in [0.1, 0.15) is 56.6 Å². The molecule has 6 nitrogen and oxygen atoms in total. The first-order chi connectivity index (χ1) is 15.1. The second-order valence-corrected chi connectivity index (χ2v) is 9.77. The average molecular weight is 428 g/mol. The van der Waals surface area contributed by atoms with E-state index in [-0.39, 0.29) is 0 Å². The summed E-state index contributed by atoms with van der Waals surface area (Å²) in [7, 11) is 8.20. The first-order valence-electron chi connectivity index (χ1n) is 12.1. The highest BCUT2D eigenvalue weighted by atomic mass is 16.5. The Morgan fingerprint density at radius 1 is 1.06 bits per heavy atom. The van der Waals surface area contributed by atoms with Crippen molar-refractivity contribution in [3.05, 3.63) is 29.8 Å². The second kappa shape index (κ2) is 10.2. The van der Waals surface area contributed by atoms with E-state index in [1.54, 1.807) is 7.11 Å². The zero-order chi connectivity index (χ0) is 21.8. The summed E-state index contributed by atoms with van der Waals surface area (Å²) in [6.07, 6.45) is 9.03. The lowest BCUT2D eigenvalue weighted by atomic mass is 9.82. The maximum Gasteiger partial charge on any atom is 0.191 e. The predicted molar refractivity (Wildman–Crippen MR) is 128 cm³/mol. The summed E-state index contributed by atoms with van der Waals surface area (Å²) in [6, 6.07) is 11.0. The standard InChI is InChI=1S/C25H41N5O/c1-26-25(28-20-15-21-8-5-9-22(16-20)30(21)3)27-17-19-7-6-14-29(2)24(19)18-10-12-23(31-4)13-11-18/h10-13,19-22,24H,5-9,14-17H2,1-4H3,(H2,26,27,28). The number of methoxy groups -OCH3 is 1. The molecule has 0 aliphatic carbocycles. The Morgan fingerprint density at radius 2 is 1.77 bits per heavy atom. The fraction of sp³-hybridized carbons (Fsp3) is 0.720. The third kappa shape index (κ3) is 5.17. The highest BCUT2D eigenvalue weighted by molar-refractivity contribution is 5.80. The van der Waals surface area contributed by atoms with Gasteiger partial charge in [-0.05, 0) is 82.8 Å². The van der Waals surface area contributed by atoms with Gasteiger partial charge >= 0.3 is 0 Å². The van der Waals surface area contributed by atoms with Crippen LogP contribution in [0.2, 0.25) is 0 Å². The van der Waals surface area contributed by atoms with E-state index in [0.29, 0.717) is 18.0 Å². The smallest absolute Gasteiger partial charge is 0.191 e. The van der Waals surface area contributed by atoms with E-state index >= 15 is 0 Å². The minimum Gasteiger partial charge on any atom is -0.497 e. The molecule has 0 spiro atoms. The second-order valence-electron chi connectivity index (χ2n) is 9.77. The molecule has 1 aromatic rings. The number of nitrogens with one attached hydrogen (secondary N) is 2. The van der Waals surface area contributed by atoms with Crippen molar-refractivity contribution in [1.29, 1.82) is 0 Å². The molecule has 4 rings (SSSR count). The number of piperidine rings is 3. The molecule has 2 bridgehead atoms. The maximum atomic E-state index is 5.36. The van der Waals surface area contributed by atoms with Crippen LogP contribution < -0.4 is 15.4 Å². The van der Waals surface area contributed by atoms with Gasteiger partial charge in [0.15, 0.2) is 5.96 Å². The van der Waals surface area contributed by atoms with Gasteiger partial charge in [0.05, 0.1) is 7.11 Å². The van der Waals surface area contributed by atoms with E-state index in [1.165, 1.54) is 50.5 Å². The van der Waals surface area contributed by atoms with Crippen LogP contribution in [0.3, 0.4) is 0 Å². The van der Waals surface area contributed by atoms with Crippen LogP contribution in [0.5, 0.6) is 5.75 Å². The molecule has 4 unspecified atom stereocenters. The normalized spacial score (nSPS) is 32.5. The minimum atomic E-state index is 0.424. The summed E-state index contributed by atoms with van der Waals surface area (Å²) in [5.41, 5.74) is 1.38. The molecule has 3 heterocycles. The molecule has 3 aliphatic rings. The van der Waals surface area contributed by atoms with Gasteiger partial charge < -0.3 is 20.3 Å². The zero-order valence-corrected chi connectivity index (χ0v) is 19.8.